The van der Waals surface area contributed by atoms with Gasteiger partial charge in [0, 0.05) is 32.1 Å². The van der Waals surface area contributed by atoms with Gasteiger partial charge in [0.1, 0.15) is 0 Å². The highest BCUT2D eigenvalue weighted by Gasteiger charge is 2.35. The van der Waals surface area contributed by atoms with Crippen LogP contribution in [0.4, 0.5) is 0 Å². The largest absolute Gasteiger partial charge is 0.356 e. The van der Waals surface area contributed by atoms with Gasteiger partial charge < -0.3 is 15.5 Å². The summed E-state index contributed by atoms with van der Waals surface area (Å²) in [5.74, 6) is 1.70. The van der Waals surface area contributed by atoms with Crippen molar-refractivity contribution in [2.45, 2.75) is 44.4 Å². The van der Waals surface area contributed by atoms with Crippen LogP contribution in [0.25, 0.3) is 0 Å². The van der Waals surface area contributed by atoms with Gasteiger partial charge in [-0.05, 0) is 43.8 Å². The summed E-state index contributed by atoms with van der Waals surface area (Å²) in [7, 11) is 1.88. The van der Waals surface area contributed by atoms with Crippen molar-refractivity contribution in [3.8, 4) is 0 Å². The molecule has 2 fully saturated rings. The molecule has 1 heterocycles. The molecule has 0 aromatic heterocycles. The van der Waals surface area contributed by atoms with E-state index >= 15 is 0 Å². The number of likely N-dealkylation sites (tertiary alicyclic amines) is 1. The maximum Gasteiger partial charge on any atom is 0.191 e. The Balaban J connectivity index is 1.53. The van der Waals surface area contributed by atoms with Crippen molar-refractivity contribution >= 4 is 5.96 Å². The summed E-state index contributed by atoms with van der Waals surface area (Å²) in [6.07, 6.45) is 6.50. The van der Waals surface area contributed by atoms with Crippen LogP contribution < -0.4 is 10.6 Å². The number of nitrogens with zero attached hydrogens (tertiary/aromatic N) is 2. The molecule has 1 aliphatic heterocycles. The number of aliphatic imine (C=N–C) groups is 1. The number of nitrogens with one attached hydrogen (secondary N) is 2. The second kappa shape index (κ2) is 8.70. The highest BCUT2D eigenvalue weighted by Crippen LogP contribution is 2.40. The highest BCUT2D eigenvalue weighted by atomic mass is 15.2. The minimum absolute atomic E-state index is 0.269. The Bertz CT molecular complexity index is 548. The molecule has 1 atom stereocenters. The molecule has 1 aromatic rings. The van der Waals surface area contributed by atoms with E-state index in [1.54, 1.807) is 0 Å². The molecule has 4 nitrogen and oxygen atoms in total. The average Bonchev–Trinajstić information content (AvgIpc) is 3.33. The van der Waals surface area contributed by atoms with Crippen LogP contribution in [0.1, 0.15) is 44.6 Å². The molecule has 4 heteroatoms. The lowest BCUT2D eigenvalue weighted by atomic mass is 9.79. The maximum atomic E-state index is 4.45. The molecule has 1 unspecified atom stereocenters. The molecular weight excluding hydrogens is 308 g/mol. The Kier molecular flexibility index (Phi) is 6.35. The number of benzene rings is 1. The van der Waals surface area contributed by atoms with Crippen molar-refractivity contribution in [1.82, 2.24) is 15.5 Å². The van der Waals surface area contributed by atoms with Gasteiger partial charge in [0.05, 0.1) is 0 Å². The molecular formula is C21H34N4. The molecule has 2 N–H and O–H groups in total. The van der Waals surface area contributed by atoms with Crippen LogP contribution in [0, 0.1) is 5.92 Å². The van der Waals surface area contributed by atoms with Crippen molar-refractivity contribution in [3.63, 3.8) is 0 Å². The van der Waals surface area contributed by atoms with Crippen LogP contribution >= 0.6 is 0 Å². The zero-order chi connectivity index (χ0) is 17.5. The average molecular weight is 343 g/mol. The summed E-state index contributed by atoms with van der Waals surface area (Å²) < 4.78 is 0. The van der Waals surface area contributed by atoms with Crippen LogP contribution in [0.5, 0.6) is 0 Å². The first kappa shape index (κ1) is 18.2. The molecule has 138 valence electrons. The van der Waals surface area contributed by atoms with Crippen molar-refractivity contribution in [1.29, 1.82) is 0 Å². The van der Waals surface area contributed by atoms with E-state index in [1.807, 2.05) is 7.05 Å². The molecule has 25 heavy (non-hydrogen) atoms. The van der Waals surface area contributed by atoms with Crippen LogP contribution in [0.2, 0.25) is 0 Å². The quantitative estimate of drug-likeness (QED) is 0.617. The minimum Gasteiger partial charge on any atom is -0.356 e. The van der Waals surface area contributed by atoms with Gasteiger partial charge in [-0.2, -0.15) is 0 Å². The standard InChI is InChI=1S/C21H34N4/c1-3-25-14-11-18(16-25)15-23-20(22-2)24-17-21(12-7-8-13-21)19-9-5-4-6-10-19/h4-6,9-10,18H,3,7-8,11-17H2,1-2H3,(H2,22,23,24). The van der Waals surface area contributed by atoms with Gasteiger partial charge in [-0.1, -0.05) is 50.1 Å². The summed E-state index contributed by atoms with van der Waals surface area (Å²) in [4.78, 5) is 6.99. The normalized spacial score (nSPS) is 23.8. The third-order valence-electron chi connectivity index (χ3n) is 6.14. The Hall–Kier alpha value is -1.55. The molecule has 1 saturated heterocycles. The van der Waals surface area contributed by atoms with E-state index in [1.165, 1.54) is 57.3 Å². The van der Waals surface area contributed by atoms with Crippen LogP contribution in [0.3, 0.4) is 0 Å². The van der Waals surface area contributed by atoms with Gasteiger partial charge in [0.25, 0.3) is 0 Å². The number of hydrogen-bond acceptors (Lipinski definition) is 2. The Labute approximate surface area is 153 Å². The second-order valence-electron chi connectivity index (χ2n) is 7.71. The van der Waals surface area contributed by atoms with Crippen molar-refractivity contribution in [2.75, 3.05) is 39.8 Å². The highest BCUT2D eigenvalue weighted by molar-refractivity contribution is 5.79. The molecule has 1 aliphatic carbocycles. The van der Waals surface area contributed by atoms with Gasteiger partial charge in [-0.25, -0.2) is 0 Å². The van der Waals surface area contributed by atoms with Crippen LogP contribution in [-0.2, 0) is 5.41 Å². The molecule has 0 amide bonds. The Morgan fingerprint density at radius 1 is 1.20 bits per heavy atom. The second-order valence-corrected chi connectivity index (χ2v) is 7.71. The van der Waals surface area contributed by atoms with E-state index in [4.69, 9.17) is 0 Å². The van der Waals surface area contributed by atoms with Gasteiger partial charge in [0.2, 0.25) is 0 Å². The van der Waals surface area contributed by atoms with Crippen LogP contribution in [0.15, 0.2) is 35.3 Å². The van der Waals surface area contributed by atoms with Gasteiger partial charge >= 0.3 is 0 Å². The summed E-state index contributed by atoms with van der Waals surface area (Å²) in [5.41, 5.74) is 1.75. The molecule has 2 aliphatic rings. The van der Waals surface area contributed by atoms with E-state index in [-0.39, 0.29) is 5.41 Å². The topological polar surface area (TPSA) is 39.7 Å². The van der Waals surface area contributed by atoms with E-state index in [0.29, 0.717) is 0 Å². The van der Waals surface area contributed by atoms with E-state index in [0.717, 1.165) is 25.0 Å². The first-order valence-corrected chi connectivity index (χ1v) is 9.98. The summed E-state index contributed by atoms with van der Waals surface area (Å²) in [6.45, 7) is 7.88. The number of guanidine groups is 1. The summed E-state index contributed by atoms with van der Waals surface area (Å²) in [6, 6.07) is 11.0. The first-order chi connectivity index (χ1) is 12.3. The SMILES string of the molecule is CCN1CCC(CNC(=NC)NCC2(c3ccccc3)CCCC2)C1. The fourth-order valence-electron chi connectivity index (χ4n) is 4.49. The van der Waals surface area contributed by atoms with E-state index in [2.05, 4.69) is 57.8 Å². The Morgan fingerprint density at radius 3 is 2.60 bits per heavy atom. The predicted molar refractivity (Wildman–Crippen MR) is 106 cm³/mol. The molecule has 0 bridgehead atoms. The fourth-order valence-corrected chi connectivity index (χ4v) is 4.49. The van der Waals surface area contributed by atoms with Gasteiger partial charge in [-0.3, -0.25) is 4.99 Å². The number of hydrogen-bond donors (Lipinski definition) is 2. The minimum atomic E-state index is 0.269. The maximum absolute atomic E-state index is 4.45. The molecule has 1 aromatic carbocycles. The zero-order valence-corrected chi connectivity index (χ0v) is 15.9. The van der Waals surface area contributed by atoms with Crippen LogP contribution in [-0.4, -0.2) is 50.6 Å². The summed E-state index contributed by atoms with van der Waals surface area (Å²) in [5, 5.41) is 7.19. The molecule has 0 spiro atoms. The van der Waals surface area contributed by atoms with Gasteiger partial charge in [0.15, 0.2) is 5.96 Å². The molecule has 1 saturated carbocycles. The lowest BCUT2D eigenvalue weighted by molar-refractivity contribution is 0.341. The summed E-state index contributed by atoms with van der Waals surface area (Å²) >= 11 is 0. The molecule has 0 radical (unpaired) electrons. The van der Waals surface area contributed by atoms with E-state index in [9.17, 15) is 0 Å². The van der Waals surface area contributed by atoms with Crippen molar-refractivity contribution < 1.29 is 0 Å². The molecule has 3 rings (SSSR count). The van der Waals surface area contributed by atoms with Crippen molar-refractivity contribution in [2.24, 2.45) is 10.9 Å². The monoisotopic (exact) mass is 342 g/mol. The van der Waals surface area contributed by atoms with E-state index < -0.39 is 0 Å². The third kappa shape index (κ3) is 4.55. The zero-order valence-electron chi connectivity index (χ0n) is 15.9. The lowest BCUT2D eigenvalue weighted by Crippen LogP contribution is -2.46. The Morgan fingerprint density at radius 2 is 1.96 bits per heavy atom. The van der Waals surface area contributed by atoms with Crippen molar-refractivity contribution in [3.05, 3.63) is 35.9 Å². The number of rotatable bonds is 6. The first-order valence-electron chi connectivity index (χ1n) is 9.98. The lowest BCUT2D eigenvalue weighted by Gasteiger charge is -2.31. The van der Waals surface area contributed by atoms with Gasteiger partial charge in [-0.15, -0.1) is 0 Å². The predicted octanol–water partition coefficient (Wildman–Crippen LogP) is 3.01. The fraction of sp³-hybridized carbons (Fsp3) is 0.667. The third-order valence-corrected chi connectivity index (χ3v) is 6.14. The smallest absolute Gasteiger partial charge is 0.191 e.